The van der Waals surface area contributed by atoms with Crippen LogP contribution in [0.25, 0.3) is 11.5 Å². The summed E-state index contributed by atoms with van der Waals surface area (Å²) in [6.07, 6.45) is 1.84. The van der Waals surface area contributed by atoms with Gasteiger partial charge in [-0.25, -0.2) is 0 Å². The summed E-state index contributed by atoms with van der Waals surface area (Å²) in [5, 5.41) is 11.4. The van der Waals surface area contributed by atoms with E-state index in [9.17, 15) is 0 Å². The van der Waals surface area contributed by atoms with Crippen molar-refractivity contribution < 1.29 is 9.26 Å². The van der Waals surface area contributed by atoms with E-state index in [0.717, 1.165) is 13.2 Å². The number of nitrogens with one attached hydrogen (secondary N) is 1. The van der Waals surface area contributed by atoms with Gasteiger partial charge < -0.3 is 14.6 Å². The standard InChI is InChI=1S/C10H13N5O2/c1-15-4-2-7(13-15)9-12-10(17-14-9)8-6-16-5-3-11-8/h2,4,8,11H,3,5-6H2,1H3. The fraction of sp³-hybridized carbons (Fsp3) is 0.500. The highest BCUT2D eigenvalue weighted by Gasteiger charge is 2.22. The molecular weight excluding hydrogens is 222 g/mol. The Morgan fingerprint density at radius 1 is 1.53 bits per heavy atom. The molecule has 2 aromatic rings. The van der Waals surface area contributed by atoms with Gasteiger partial charge in [0.1, 0.15) is 11.7 Å². The largest absolute Gasteiger partial charge is 0.378 e. The maximum absolute atomic E-state index is 5.35. The molecule has 1 aliphatic rings. The van der Waals surface area contributed by atoms with Crippen LogP contribution in [-0.4, -0.2) is 39.7 Å². The molecule has 7 heteroatoms. The molecule has 0 radical (unpaired) electrons. The number of aryl methyl sites for hydroxylation is 1. The zero-order valence-corrected chi connectivity index (χ0v) is 9.46. The van der Waals surface area contributed by atoms with Gasteiger partial charge in [-0.3, -0.25) is 4.68 Å². The summed E-state index contributed by atoms with van der Waals surface area (Å²) in [5.41, 5.74) is 0.708. The average molecular weight is 235 g/mol. The molecule has 90 valence electrons. The van der Waals surface area contributed by atoms with Gasteiger partial charge in [0.15, 0.2) is 0 Å². The van der Waals surface area contributed by atoms with Crippen molar-refractivity contribution in [3.05, 3.63) is 18.2 Å². The fourth-order valence-electron chi connectivity index (χ4n) is 1.74. The van der Waals surface area contributed by atoms with Crippen molar-refractivity contribution >= 4 is 0 Å². The molecule has 7 nitrogen and oxygen atoms in total. The molecule has 1 aliphatic heterocycles. The number of morpholine rings is 1. The summed E-state index contributed by atoms with van der Waals surface area (Å²) in [4.78, 5) is 4.32. The van der Waals surface area contributed by atoms with Crippen LogP contribution in [0.2, 0.25) is 0 Å². The van der Waals surface area contributed by atoms with Gasteiger partial charge in [-0.15, -0.1) is 0 Å². The molecule has 0 bridgehead atoms. The van der Waals surface area contributed by atoms with Gasteiger partial charge in [0.05, 0.1) is 13.2 Å². The van der Waals surface area contributed by atoms with Crippen molar-refractivity contribution in [1.82, 2.24) is 25.2 Å². The third-order valence-electron chi connectivity index (χ3n) is 2.60. The lowest BCUT2D eigenvalue weighted by Gasteiger charge is -2.20. The van der Waals surface area contributed by atoms with Crippen LogP contribution >= 0.6 is 0 Å². The van der Waals surface area contributed by atoms with Gasteiger partial charge in [-0.05, 0) is 6.07 Å². The van der Waals surface area contributed by atoms with Crippen LogP contribution in [0.5, 0.6) is 0 Å². The molecule has 1 atom stereocenters. The van der Waals surface area contributed by atoms with E-state index in [-0.39, 0.29) is 6.04 Å². The van der Waals surface area contributed by atoms with Gasteiger partial charge in [-0.2, -0.15) is 10.1 Å². The van der Waals surface area contributed by atoms with Gasteiger partial charge in [0.25, 0.3) is 0 Å². The molecule has 1 N–H and O–H groups in total. The van der Waals surface area contributed by atoms with Crippen LogP contribution in [0, 0.1) is 0 Å². The first kappa shape index (κ1) is 10.4. The summed E-state index contributed by atoms with van der Waals surface area (Å²) >= 11 is 0. The molecule has 1 saturated heterocycles. The molecule has 0 amide bonds. The second kappa shape index (κ2) is 4.27. The predicted molar refractivity (Wildman–Crippen MR) is 58.1 cm³/mol. The number of nitrogens with zero attached hydrogens (tertiary/aromatic N) is 4. The maximum atomic E-state index is 5.35. The number of hydrogen-bond donors (Lipinski definition) is 1. The van der Waals surface area contributed by atoms with Gasteiger partial charge >= 0.3 is 0 Å². The van der Waals surface area contributed by atoms with Gasteiger partial charge in [-0.1, -0.05) is 5.16 Å². The van der Waals surface area contributed by atoms with Crippen LogP contribution in [0.4, 0.5) is 0 Å². The highest BCUT2D eigenvalue weighted by molar-refractivity contribution is 5.46. The van der Waals surface area contributed by atoms with E-state index in [1.165, 1.54) is 0 Å². The minimum absolute atomic E-state index is 0.0197. The van der Waals surface area contributed by atoms with Crippen LogP contribution in [0.15, 0.2) is 16.8 Å². The fourth-order valence-corrected chi connectivity index (χ4v) is 1.74. The summed E-state index contributed by atoms with van der Waals surface area (Å²) in [6, 6.07) is 1.83. The Balaban J connectivity index is 1.82. The molecule has 3 heterocycles. The molecule has 0 aromatic carbocycles. The van der Waals surface area contributed by atoms with Crippen LogP contribution in [0.1, 0.15) is 11.9 Å². The Hall–Kier alpha value is -1.73. The number of aromatic nitrogens is 4. The maximum Gasteiger partial charge on any atom is 0.246 e. The topological polar surface area (TPSA) is 78.0 Å². The van der Waals surface area contributed by atoms with E-state index in [4.69, 9.17) is 9.26 Å². The Morgan fingerprint density at radius 3 is 3.18 bits per heavy atom. The molecule has 0 saturated carbocycles. The molecular formula is C10H13N5O2. The highest BCUT2D eigenvalue weighted by atomic mass is 16.5. The minimum Gasteiger partial charge on any atom is -0.378 e. The van der Waals surface area contributed by atoms with E-state index in [2.05, 4.69) is 20.6 Å². The molecule has 2 aromatic heterocycles. The number of ether oxygens (including phenoxy) is 1. The quantitative estimate of drug-likeness (QED) is 0.797. The van der Waals surface area contributed by atoms with Gasteiger partial charge in [0.2, 0.25) is 11.7 Å². The Kier molecular flexibility index (Phi) is 2.62. The highest BCUT2D eigenvalue weighted by Crippen LogP contribution is 2.18. The zero-order valence-electron chi connectivity index (χ0n) is 9.46. The minimum atomic E-state index is -0.0197. The first-order valence-electron chi connectivity index (χ1n) is 5.48. The van der Waals surface area contributed by atoms with Crippen molar-refractivity contribution in [2.45, 2.75) is 6.04 Å². The van der Waals surface area contributed by atoms with E-state index in [1.54, 1.807) is 4.68 Å². The van der Waals surface area contributed by atoms with Crippen molar-refractivity contribution in [2.24, 2.45) is 7.05 Å². The number of hydrogen-bond acceptors (Lipinski definition) is 6. The second-order valence-electron chi connectivity index (χ2n) is 3.91. The summed E-state index contributed by atoms with van der Waals surface area (Å²) in [6.45, 7) is 2.08. The Morgan fingerprint density at radius 2 is 2.47 bits per heavy atom. The van der Waals surface area contributed by atoms with Crippen molar-refractivity contribution in [3.63, 3.8) is 0 Å². The third-order valence-corrected chi connectivity index (χ3v) is 2.60. The third kappa shape index (κ3) is 2.06. The summed E-state index contributed by atoms with van der Waals surface area (Å²) in [7, 11) is 1.85. The predicted octanol–water partition coefficient (Wildman–Crippen LogP) is 0.131. The molecule has 3 rings (SSSR count). The van der Waals surface area contributed by atoms with E-state index < -0.39 is 0 Å². The first-order valence-corrected chi connectivity index (χ1v) is 5.48. The summed E-state index contributed by atoms with van der Waals surface area (Å²) < 4.78 is 12.3. The lowest BCUT2D eigenvalue weighted by atomic mass is 10.3. The van der Waals surface area contributed by atoms with Crippen molar-refractivity contribution in [1.29, 1.82) is 0 Å². The Bertz CT molecular complexity index is 500. The van der Waals surface area contributed by atoms with Crippen LogP contribution in [-0.2, 0) is 11.8 Å². The van der Waals surface area contributed by atoms with Gasteiger partial charge in [0, 0.05) is 19.8 Å². The molecule has 0 aliphatic carbocycles. The second-order valence-corrected chi connectivity index (χ2v) is 3.91. The lowest BCUT2D eigenvalue weighted by molar-refractivity contribution is 0.0659. The molecule has 0 spiro atoms. The van der Waals surface area contributed by atoms with E-state index >= 15 is 0 Å². The first-order chi connectivity index (χ1) is 8.33. The average Bonchev–Trinajstić information content (AvgIpc) is 2.98. The van der Waals surface area contributed by atoms with E-state index in [1.807, 2.05) is 19.3 Å². The molecule has 17 heavy (non-hydrogen) atoms. The van der Waals surface area contributed by atoms with E-state index in [0.29, 0.717) is 24.0 Å². The molecule has 1 fully saturated rings. The Labute approximate surface area is 97.8 Å². The normalized spacial score (nSPS) is 20.6. The van der Waals surface area contributed by atoms with Crippen molar-refractivity contribution in [3.8, 4) is 11.5 Å². The zero-order chi connectivity index (χ0) is 11.7. The number of rotatable bonds is 2. The van der Waals surface area contributed by atoms with Crippen LogP contribution < -0.4 is 5.32 Å². The monoisotopic (exact) mass is 235 g/mol. The smallest absolute Gasteiger partial charge is 0.246 e. The SMILES string of the molecule is Cn1ccc(-c2noc(C3COCCN3)n2)n1. The lowest BCUT2D eigenvalue weighted by Crippen LogP contribution is -2.34. The molecule has 1 unspecified atom stereocenters. The van der Waals surface area contributed by atoms with Crippen molar-refractivity contribution in [2.75, 3.05) is 19.8 Å². The summed E-state index contributed by atoms with van der Waals surface area (Å²) in [5.74, 6) is 1.05. The van der Waals surface area contributed by atoms with Crippen LogP contribution in [0.3, 0.4) is 0 Å².